The molecular weight excluding hydrogens is 276 g/mol. The molecule has 0 heterocycles. The van der Waals surface area contributed by atoms with Crippen molar-refractivity contribution in [2.75, 3.05) is 6.61 Å². The van der Waals surface area contributed by atoms with Crippen molar-refractivity contribution in [2.45, 2.75) is 39.8 Å². The monoisotopic (exact) mass is 302 g/mol. The molecule has 0 aliphatic carbocycles. The second-order valence-electron chi connectivity index (χ2n) is 6.36. The van der Waals surface area contributed by atoms with Gasteiger partial charge >= 0.3 is 8.56 Å². The van der Waals surface area contributed by atoms with Gasteiger partial charge in [0, 0.05) is 12.0 Å². The summed E-state index contributed by atoms with van der Waals surface area (Å²) >= 11 is 0. The normalized spacial score (nSPS) is 12.0. The Bertz CT molecular complexity index is 573. The van der Waals surface area contributed by atoms with Gasteiger partial charge in [-0.2, -0.15) is 0 Å². The highest BCUT2D eigenvalue weighted by Gasteiger charge is 2.27. The van der Waals surface area contributed by atoms with Gasteiger partial charge in [0.1, 0.15) is 5.75 Å². The van der Waals surface area contributed by atoms with Crippen molar-refractivity contribution in [3.63, 3.8) is 0 Å². The zero-order valence-electron chi connectivity index (χ0n) is 13.6. The molecule has 0 saturated carbocycles. The van der Waals surface area contributed by atoms with E-state index < -0.39 is 8.56 Å². The van der Waals surface area contributed by atoms with E-state index >= 15 is 0 Å². The minimum atomic E-state index is -2.13. The Labute approximate surface area is 129 Å². The molecule has 2 aromatic carbocycles. The summed E-state index contributed by atoms with van der Waals surface area (Å²) < 4.78 is 12.3. The van der Waals surface area contributed by atoms with E-state index in [0.717, 1.165) is 30.1 Å². The van der Waals surface area contributed by atoms with Crippen LogP contribution in [0.1, 0.15) is 26.7 Å². The fourth-order valence-electron chi connectivity index (χ4n) is 2.39. The topological polar surface area (TPSA) is 18.5 Å². The quantitative estimate of drug-likeness (QED) is 0.505. The first kappa shape index (κ1) is 16.1. The smallest absolute Gasteiger partial charge is 0.392 e. The minimum Gasteiger partial charge on any atom is -0.520 e. The Kier molecular flexibility index (Phi) is 5.43. The summed E-state index contributed by atoms with van der Waals surface area (Å²) in [7, 11) is -2.13. The second-order valence-corrected chi connectivity index (χ2v) is 9.66. The van der Waals surface area contributed by atoms with Gasteiger partial charge in [0.05, 0.1) is 0 Å². The van der Waals surface area contributed by atoms with E-state index in [1.54, 1.807) is 0 Å². The molecule has 2 nitrogen and oxygen atoms in total. The molecule has 21 heavy (non-hydrogen) atoms. The summed E-state index contributed by atoms with van der Waals surface area (Å²) in [6, 6.07) is 14.5. The average Bonchev–Trinajstić information content (AvgIpc) is 2.44. The van der Waals surface area contributed by atoms with Crippen LogP contribution in [0.3, 0.4) is 0 Å². The molecule has 0 unspecified atom stereocenters. The molecule has 0 aliphatic heterocycles. The van der Waals surface area contributed by atoms with Crippen LogP contribution in [0.5, 0.6) is 5.75 Å². The van der Waals surface area contributed by atoms with E-state index in [2.05, 4.69) is 51.2 Å². The third-order valence-corrected chi connectivity index (χ3v) is 5.09. The lowest BCUT2D eigenvalue weighted by atomic mass is 10.1. The van der Waals surface area contributed by atoms with E-state index in [0.29, 0.717) is 0 Å². The van der Waals surface area contributed by atoms with Crippen LogP contribution in [-0.2, 0) is 4.43 Å². The Hall–Kier alpha value is -1.32. The first-order chi connectivity index (χ1) is 9.98. The van der Waals surface area contributed by atoms with Gasteiger partial charge in [0.15, 0.2) is 0 Å². The van der Waals surface area contributed by atoms with Gasteiger partial charge in [-0.25, -0.2) is 0 Å². The maximum absolute atomic E-state index is 6.24. The van der Waals surface area contributed by atoms with Gasteiger partial charge in [-0.05, 0) is 43.3 Å². The molecule has 0 aliphatic rings. The minimum absolute atomic E-state index is 0.734. The maximum Gasteiger partial charge on any atom is 0.392 e. The summed E-state index contributed by atoms with van der Waals surface area (Å²) in [6.07, 6.45) is 2.31. The van der Waals surface area contributed by atoms with E-state index in [1.165, 1.54) is 11.8 Å². The van der Waals surface area contributed by atoms with E-state index in [9.17, 15) is 0 Å². The van der Waals surface area contributed by atoms with Gasteiger partial charge in [-0.1, -0.05) is 50.2 Å². The summed E-state index contributed by atoms with van der Waals surface area (Å²) in [5.74, 6) is 1.67. The average molecular weight is 302 g/mol. The lowest BCUT2D eigenvalue weighted by Gasteiger charge is -2.25. The Morgan fingerprint density at radius 1 is 1.00 bits per heavy atom. The molecule has 0 bridgehead atoms. The highest BCUT2D eigenvalue weighted by Crippen LogP contribution is 2.27. The molecule has 2 aromatic rings. The van der Waals surface area contributed by atoms with Crippen LogP contribution in [0.2, 0.25) is 13.1 Å². The largest absolute Gasteiger partial charge is 0.520 e. The van der Waals surface area contributed by atoms with E-state index in [4.69, 9.17) is 8.85 Å². The molecule has 0 fully saturated rings. The van der Waals surface area contributed by atoms with Crippen molar-refractivity contribution in [1.29, 1.82) is 0 Å². The SMILES string of the molecule is CC(C)CCCO[Si](C)(C)Oc1cccc2ccccc12. The van der Waals surface area contributed by atoms with E-state index in [1.807, 2.05) is 18.2 Å². The Morgan fingerprint density at radius 3 is 2.48 bits per heavy atom. The zero-order valence-corrected chi connectivity index (χ0v) is 14.6. The van der Waals surface area contributed by atoms with Crippen LogP contribution in [0.15, 0.2) is 42.5 Å². The lowest BCUT2D eigenvalue weighted by Crippen LogP contribution is -2.38. The van der Waals surface area contributed by atoms with Crippen molar-refractivity contribution in [1.82, 2.24) is 0 Å². The maximum atomic E-state index is 6.24. The van der Waals surface area contributed by atoms with Gasteiger partial charge in [0.25, 0.3) is 0 Å². The molecule has 0 amide bonds. The summed E-state index contributed by atoms with van der Waals surface area (Å²) in [5.41, 5.74) is 0. The summed E-state index contributed by atoms with van der Waals surface area (Å²) in [4.78, 5) is 0. The summed E-state index contributed by atoms with van der Waals surface area (Å²) in [6.45, 7) is 9.51. The molecule has 114 valence electrons. The highest BCUT2D eigenvalue weighted by molar-refractivity contribution is 6.65. The third-order valence-electron chi connectivity index (χ3n) is 3.48. The molecule has 3 heteroatoms. The highest BCUT2D eigenvalue weighted by atomic mass is 28.4. The molecule has 0 spiro atoms. The van der Waals surface area contributed by atoms with Crippen LogP contribution in [0.25, 0.3) is 10.8 Å². The van der Waals surface area contributed by atoms with Crippen LogP contribution in [0.4, 0.5) is 0 Å². The first-order valence-corrected chi connectivity index (χ1v) is 10.6. The van der Waals surface area contributed by atoms with E-state index in [-0.39, 0.29) is 0 Å². The van der Waals surface area contributed by atoms with Crippen molar-refractivity contribution in [2.24, 2.45) is 5.92 Å². The number of rotatable bonds is 7. The van der Waals surface area contributed by atoms with Crippen molar-refractivity contribution >= 4 is 19.3 Å². The van der Waals surface area contributed by atoms with Gasteiger partial charge in [-0.15, -0.1) is 0 Å². The number of fused-ring (bicyclic) bond motifs is 1. The molecular formula is C18H26O2Si. The Balaban J connectivity index is 2.01. The van der Waals surface area contributed by atoms with Gasteiger partial charge < -0.3 is 8.85 Å². The fourth-order valence-corrected chi connectivity index (χ4v) is 3.79. The third kappa shape index (κ3) is 4.86. The number of hydrogen-bond acceptors (Lipinski definition) is 2. The first-order valence-electron chi connectivity index (χ1n) is 7.79. The second kappa shape index (κ2) is 7.10. The Morgan fingerprint density at radius 2 is 1.71 bits per heavy atom. The number of hydrogen-bond donors (Lipinski definition) is 0. The van der Waals surface area contributed by atoms with Crippen molar-refractivity contribution < 1.29 is 8.85 Å². The van der Waals surface area contributed by atoms with Crippen molar-refractivity contribution in [3.05, 3.63) is 42.5 Å². The molecule has 0 saturated heterocycles. The van der Waals surface area contributed by atoms with Gasteiger partial charge in [0.2, 0.25) is 0 Å². The van der Waals surface area contributed by atoms with Crippen LogP contribution >= 0.6 is 0 Å². The molecule has 0 aromatic heterocycles. The molecule has 0 N–H and O–H groups in total. The predicted octanol–water partition coefficient (Wildman–Crippen LogP) is 5.37. The summed E-state index contributed by atoms with van der Waals surface area (Å²) in [5, 5.41) is 2.37. The lowest BCUT2D eigenvalue weighted by molar-refractivity contribution is 0.238. The number of benzene rings is 2. The van der Waals surface area contributed by atoms with Crippen LogP contribution < -0.4 is 4.43 Å². The molecule has 2 rings (SSSR count). The zero-order chi connectivity index (χ0) is 15.3. The van der Waals surface area contributed by atoms with Gasteiger partial charge in [-0.3, -0.25) is 0 Å². The van der Waals surface area contributed by atoms with Crippen LogP contribution in [-0.4, -0.2) is 15.2 Å². The predicted molar refractivity (Wildman–Crippen MR) is 92.1 cm³/mol. The standard InChI is InChI=1S/C18H26O2Si/c1-15(2)9-8-14-19-21(3,4)20-18-13-7-11-16-10-5-6-12-17(16)18/h5-7,10-13,15H,8-9,14H2,1-4H3. The van der Waals surface area contributed by atoms with Crippen LogP contribution in [0, 0.1) is 5.92 Å². The molecule has 0 atom stereocenters. The fraction of sp³-hybridized carbons (Fsp3) is 0.444. The van der Waals surface area contributed by atoms with Crippen molar-refractivity contribution in [3.8, 4) is 5.75 Å². The molecule has 0 radical (unpaired) electrons.